The van der Waals surface area contributed by atoms with Gasteiger partial charge in [0.15, 0.2) is 0 Å². The van der Waals surface area contributed by atoms with Crippen LogP contribution in [0.3, 0.4) is 0 Å². The summed E-state index contributed by atoms with van der Waals surface area (Å²) in [6, 6.07) is 8.19. The zero-order chi connectivity index (χ0) is 17.3. The Balaban J connectivity index is 2.06. The summed E-state index contributed by atoms with van der Waals surface area (Å²) in [6.07, 6.45) is 4.32. The number of primary amides is 1. The number of hydrogen-bond acceptors (Lipinski definition) is 2. The van der Waals surface area contributed by atoms with E-state index < -0.39 is 0 Å². The van der Waals surface area contributed by atoms with Gasteiger partial charge < -0.3 is 15.3 Å². The molecule has 5 heteroatoms. The van der Waals surface area contributed by atoms with Crippen LogP contribution in [-0.2, 0) is 13.0 Å². The number of amides is 1. The van der Waals surface area contributed by atoms with Crippen LogP contribution < -0.4 is 5.73 Å². The Bertz CT molecular complexity index is 858. The number of hydrogen-bond donors (Lipinski definition) is 2. The number of carbonyl (C=O) groups excluding carboxylic acids is 1. The molecular formula is C19H22N4O. The smallest absolute Gasteiger partial charge is 0.251 e. The summed E-state index contributed by atoms with van der Waals surface area (Å²) in [5, 5.41) is 0. The quantitative estimate of drug-likeness (QED) is 0.757. The van der Waals surface area contributed by atoms with Crippen molar-refractivity contribution >= 4 is 5.91 Å². The molecule has 3 aromatic rings. The Labute approximate surface area is 141 Å². The minimum Gasteiger partial charge on any atom is -0.366 e. The highest BCUT2D eigenvalue weighted by Crippen LogP contribution is 2.32. The van der Waals surface area contributed by atoms with E-state index in [0.717, 1.165) is 41.2 Å². The van der Waals surface area contributed by atoms with Gasteiger partial charge in [0.25, 0.3) is 5.91 Å². The molecule has 0 saturated heterocycles. The summed E-state index contributed by atoms with van der Waals surface area (Å²) in [5.41, 5.74) is 12.5. The fourth-order valence-corrected chi connectivity index (χ4v) is 3.25. The molecule has 5 nitrogen and oxygen atoms in total. The number of nitrogens with two attached hydrogens (primary N) is 1. The first-order chi connectivity index (χ1) is 11.5. The molecule has 0 aliphatic heterocycles. The average molecular weight is 322 g/mol. The van der Waals surface area contributed by atoms with Crippen molar-refractivity contribution in [3.8, 4) is 11.1 Å². The Morgan fingerprint density at radius 1 is 1.17 bits per heavy atom. The molecule has 0 atom stereocenters. The van der Waals surface area contributed by atoms with Crippen molar-refractivity contribution in [2.75, 3.05) is 0 Å². The topological polar surface area (TPSA) is 76.7 Å². The van der Waals surface area contributed by atoms with Gasteiger partial charge in [-0.1, -0.05) is 29.8 Å². The normalized spacial score (nSPS) is 11.0. The van der Waals surface area contributed by atoms with Crippen LogP contribution in [0.25, 0.3) is 11.1 Å². The van der Waals surface area contributed by atoms with Crippen molar-refractivity contribution in [1.29, 1.82) is 0 Å². The van der Waals surface area contributed by atoms with Crippen LogP contribution in [0.1, 0.15) is 33.0 Å². The van der Waals surface area contributed by atoms with Crippen molar-refractivity contribution in [1.82, 2.24) is 14.5 Å². The second kappa shape index (κ2) is 6.35. The van der Waals surface area contributed by atoms with E-state index in [1.165, 1.54) is 5.56 Å². The van der Waals surface area contributed by atoms with Crippen LogP contribution in [0.2, 0.25) is 0 Å². The fourth-order valence-electron chi connectivity index (χ4n) is 3.25. The van der Waals surface area contributed by atoms with Crippen LogP contribution in [0, 0.1) is 20.8 Å². The Morgan fingerprint density at radius 2 is 1.88 bits per heavy atom. The molecule has 3 N–H and O–H groups in total. The minimum absolute atomic E-state index is 0.383. The Kier molecular flexibility index (Phi) is 4.25. The van der Waals surface area contributed by atoms with Gasteiger partial charge in [0, 0.05) is 41.8 Å². The van der Waals surface area contributed by atoms with Gasteiger partial charge in [0.2, 0.25) is 0 Å². The zero-order valence-electron chi connectivity index (χ0n) is 14.3. The van der Waals surface area contributed by atoms with E-state index in [4.69, 9.17) is 5.73 Å². The SMILES string of the molecule is Cc1ccc(-c2c(C(N)=O)c(C)n(CCc3cnc[nH]3)c2C)cc1. The highest BCUT2D eigenvalue weighted by atomic mass is 16.1. The van der Waals surface area contributed by atoms with Gasteiger partial charge in [-0.15, -0.1) is 0 Å². The fraction of sp³-hybridized carbons (Fsp3) is 0.263. The van der Waals surface area contributed by atoms with E-state index in [1.54, 1.807) is 6.33 Å². The Morgan fingerprint density at radius 3 is 2.46 bits per heavy atom. The molecule has 0 saturated carbocycles. The third-order valence-electron chi connectivity index (χ3n) is 4.53. The first-order valence-corrected chi connectivity index (χ1v) is 8.02. The van der Waals surface area contributed by atoms with Crippen LogP contribution in [0.4, 0.5) is 0 Å². The molecule has 0 aliphatic carbocycles. The second-order valence-corrected chi connectivity index (χ2v) is 6.13. The number of aromatic nitrogens is 3. The monoisotopic (exact) mass is 322 g/mol. The maximum Gasteiger partial charge on any atom is 0.251 e. The Hall–Kier alpha value is -2.82. The maximum absolute atomic E-state index is 12.1. The number of carbonyl (C=O) groups is 1. The molecule has 0 spiro atoms. The lowest BCUT2D eigenvalue weighted by atomic mass is 9.99. The first-order valence-electron chi connectivity index (χ1n) is 8.02. The van der Waals surface area contributed by atoms with Gasteiger partial charge in [0.05, 0.1) is 11.9 Å². The van der Waals surface area contributed by atoms with E-state index in [1.807, 2.05) is 39.1 Å². The molecule has 2 heterocycles. The van der Waals surface area contributed by atoms with Gasteiger partial charge in [0.1, 0.15) is 0 Å². The molecule has 2 aromatic heterocycles. The molecule has 124 valence electrons. The van der Waals surface area contributed by atoms with E-state index in [0.29, 0.717) is 5.56 Å². The molecule has 0 fully saturated rings. The van der Waals surface area contributed by atoms with Crippen molar-refractivity contribution in [2.45, 2.75) is 33.7 Å². The van der Waals surface area contributed by atoms with E-state index in [9.17, 15) is 4.79 Å². The third kappa shape index (κ3) is 2.85. The van der Waals surface area contributed by atoms with Crippen LogP contribution >= 0.6 is 0 Å². The predicted octanol–water partition coefficient (Wildman–Crippen LogP) is 3.15. The van der Waals surface area contributed by atoms with Crippen LogP contribution in [0.5, 0.6) is 0 Å². The average Bonchev–Trinajstić information content (AvgIpc) is 3.13. The highest BCUT2D eigenvalue weighted by Gasteiger charge is 2.22. The number of aryl methyl sites for hydroxylation is 2. The van der Waals surface area contributed by atoms with Gasteiger partial charge in [-0.05, 0) is 26.3 Å². The van der Waals surface area contributed by atoms with E-state index in [2.05, 4.69) is 26.7 Å². The molecule has 0 bridgehead atoms. The number of nitrogens with zero attached hydrogens (tertiary/aromatic N) is 2. The lowest BCUT2D eigenvalue weighted by molar-refractivity contribution is 0.1000. The number of H-pyrrole nitrogens is 1. The highest BCUT2D eigenvalue weighted by molar-refractivity contribution is 6.02. The molecule has 1 amide bonds. The first kappa shape index (κ1) is 16.1. The van der Waals surface area contributed by atoms with E-state index in [-0.39, 0.29) is 5.91 Å². The third-order valence-corrected chi connectivity index (χ3v) is 4.53. The van der Waals surface area contributed by atoms with Crippen molar-refractivity contribution < 1.29 is 4.79 Å². The van der Waals surface area contributed by atoms with Crippen LogP contribution in [-0.4, -0.2) is 20.4 Å². The van der Waals surface area contributed by atoms with Crippen molar-refractivity contribution in [3.63, 3.8) is 0 Å². The van der Waals surface area contributed by atoms with Gasteiger partial charge in [-0.25, -0.2) is 4.98 Å². The summed E-state index contributed by atoms with van der Waals surface area (Å²) < 4.78 is 2.16. The molecule has 0 aliphatic rings. The zero-order valence-corrected chi connectivity index (χ0v) is 14.3. The van der Waals surface area contributed by atoms with Crippen LogP contribution in [0.15, 0.2) is 36.8 Å². The molecule has 0 unspecified atom stereocenters. The molecule has 0 radical (unpaired) electrons. The van der Waals surface area contributed by atoms with Crippen molar-refractivity contribution in [2.24, 2.45) is 5.73 Å². The molecule has 3 rings (SSSR count). The predicted molar refractivity (Wildman–Crippen MR) is 94.9 cm³/mol. The molecule has 1 aromatic carbocycles. The van der Waals surface area contributed by atoms with Crippen molar-refractivity contribution in [3.05, 3.63) is 65.0 Å². The van der Waals surface area contributed by atoms with Gasteiger partial charge in [-0.2, -0.15) is 0 Å². The maximum atomic E-state index is 12.1. The number of imidazole rings is 1. The summed E-state index contributed by atoms with van der Waals surface area (Å²) in [7, 11) is 0. The number of benzene rings is 1. The lowest BCUT2D eigenvalue weighted by Gasteiger charge is -2.09. The summed E-state index contributed by atoms with van der Waals surface area (Å²) in [5.74, 6) is -0.383. The standard InChI is InChI=1S/C19H22N4O/c1-12-4-6-15(7-5-12)17-13(2)23(14(3)18(17)19(20)24)9-8-16-10-21-11-22-16/h4-7,10-11H,8-9H2,1-3H3,(H2,20,24)(H,21,22). The number of rotatable bonds is 5. The molecular weight excluding hydrogens is 300 g/mol. The van der Waals surface area contributed by atoms with Gasteiger partial charge >= 0.3 is 0 Å². The molecule has 24 heavy (non-hydrogen) atoms. The van der Waals surface area contributed by atoms with Gasteiger partial charge in [-0.3, -0.25) is 4.79 Å². The summed E-state index contributed by atoms with van der Waals surface area (Å²) in [4.78, 5) is 19.2. The second-order valence-electron chi connectivity index (χ2n) is 6.13. The lowest BCUT2D eigenvalue weighted by Crippen LogP contribution is -2.14. The number of nitrogens with one attached hydrogen (secondary N) is 1. The summed E-state index contributed by atoms with van der Waals surface area (Å²) in [6.45, 7) is 6.82. The van der Waals surface area contributed by atoms with E-state index >= 15 is 0 Å². The summed E-state index contributed by atoms with van der Waals surface area (Å²) >= 11 is 0. The minimum atomic E-state index is -0.383. The largest absolute Gasteiger partial charge is 0.366 e. The number of aromatic amines is 1.